The van der Waals surface area contributed by atoms with E-state index < -0.39 is 0 Å². The van der Waals surface area contributed by atoms with E-state index in [1.54, 1.807) is 22.0 Å². The molecule has 0 saturated carbocycles. The summed E-state index contributed by atoms with van der Waals surface area (Å²) in [6.07, 6.45) is 0.822. The zero-order valence-electron chi connectivity index (χ0n) is 15.6. The number of aromatic nitrogens is 1. The Labute approximate surface area is 162 Å². The molecule has 2 aromatic heterocycles. The number of aryl methyl sites for hydroxylation is 1. The van der Waals surface area contributed by atoms with E-state index in [2.05, 4.69) is 6.07 Å². The lowest BCUT2D eigenvalue weighted by molar-refractivity contribution is 0.0773. The minimum absolute atomic E-state index is 0.0119. The number of nitrogens with zero attached hydrogens (tertiary/aromatic N) is 2. The van der Waals surface area contributed by atoms with Crippen LogP contribution >= 0.6 is 11.3 Å². The molecule has 0 N–H and O–H groups in total. The maximum atomic E-state index is 13.3. The van der Waals surface area contributed by atoms with Crippen molar-refractivity contribution in [1.82, 2.24) is 9.47 Å². The lowest BCUT2D eigenvalue weighted by Gasteiger charge is -2.26. The number of hydrogen-bond donors (Lipinski definition) is 0. The van der Waals surface area contributed by atoms with Gasteiger partial charge < -0.3 is 9.47 Å². The number of hydrogen-bond acceptors (Lipinski definition) is 3. The van der Waals surface area contributed by atoms with Gasteiger partial charge in [0, 0.05) is 25.2 Å². The first kappa shape index (κ1) is 17.7. The van der Waals surface area contributed by atoms with Crippen LogP contribution in [0.5, 0.6) is 0 Å². The molecule has 27 heavy (non-hydrogen) atoms. The van der Waals surface area contributed by atoms with Crippen molar-refractivity contribution in [3.8, 4) is 21.7 Å². The third-order valence-corrected chi connectivity index (χ3v) is 6.19. The molecule has 1 amide bonds. The van der Waals surface area contributed by atoms with Gasteiger partial charge in [0.15, 0.2) is 0 Å². The van der Waals surface area contributed by atoms with Crippen molar-refractivity contribution in [3.05, 3.63) is 69.3 Å². The molecule has 4 nitrogen and oxygen atoms in total. The molecule has 1 aromatic carbocycles. The number of rotatable bonds is 4. The van der Waals surface area contributed by atoms with Crippen LogP contribution in [0.4, 0.5) is 0 Å². The first-order valence-electron chi connectivity index (χ1n) is 9.35. The summed E-state index contributed by atoms with van der Waals surface area (Å²) in [6, 6.07) is 13.5. The summed E-state index contributed by atoms with van der Waals surface area (Å²) < 4.78 is 1.80. The molecule has 0 fully saturated rings. The second-order valence-corrected chi connectivity index (χ2v) is 7.56. The summed E-state index contributed by atoms with van der Waals surface area (Å²) in [6.45, 7) is 5.87. The van der Waals surface area contributed by atoms with Crippen LogP contribution in [0.1, 0.15) is 29.8 Å². The van der Waals surface area contributed by atoms with Crippen molar-refractivity contribution in [1.29, 1.82) is 0 Å². The summed E-state index contributed by atoms with van der Waals surface area (Å²) in [4.78, 5) is 29.5. The average molecular weight is 378 g/mol. The lowest BCUT2D eigenvalue weighted by atomic mass is 9.97. The molecule has 0 radical (unpaired) electrons. The number of thiophene rings is 1. The Morgan fingerprint density at radius 1 is 1.15 bits per heavy atom. The van der Waals surface area contributed by atoms with Crippen LogP contribution in [0.3, 0.4) is 0 Å². The number of amides is 1. The molecule has 138 valence electrons. The highest BCUT2D eigenvalue weighted by atomic mass is 32.1. The van der Waals surface area contributed by atoms with Crippen LogP contribution in [0.15, 0.2) is 52.6 Å². The molecule has 3 aromatic rings. The molecule has 0 saturated heterocycles. The van der Waals surface area contributed by atoms with Crippen LogP contribution < -0.4 is 5.56 Å². The quantitative estimate of drug-likeness (QED) is 0.680. The maximum Gasteiger partial charge on any atom is 0.258 e. The third-order valence-electron chi connectivity index (χ3n) is 5.22. The summed E-state index contributed by atoms with van der Waals surface area (Å²) >= 11 is 1.61. The molecule has 0 atom stereocenters. The molecule has 5 heteroatoms. The highest BCUT2D eigenvalue weighted by molar-refractivity contribution is 7.13. The van der Waals surface area contributed by atoms with Gasteiger partial charge in [-0.25, -0.2) is 0 Å². The smallest absolute Gasteiger partial charge is 0.258 e. The number of benzene rings is 1. The number of carbonyl (C=O) groups is 1. The van der Waals surface area contributed by atoms with Crippen LogP contribution in [0, 0.1) is 0 Å². The highest BCUT2D eigenvalue weighted by Crippen LogP contribution is 2.37. The van der Waals surface area contributed by atoms with Crippen molar-refractivity contribution in [2.45, 2.75) is 26.8 Å². The van der Waals surface area contributed by atoms with Crippen molar-refractivity contribution < 1.29 is 4.79 Å². The summed E-state index contributed by atoms with van der Waals surface area (Å²) in [5.74, 6) is -0.0119. The monoisotopic (exact) mass is 378 g/mol. The fourth-order valence-electron chi connectivity index (χ4n) is 3.77. The fraction of sp³-hybridized carbons (Fsp3) is 0.273. The molecule has 3 heterocycles. The SMILES string of the molecule is CCN(CC)C(=O)c1cc(-c2ccccc2)c(=O)n2c1-c1sccc1CC2. The van der Waals surface area contributed by atoms with Crippen molar-refractivity contribution in [2.24, 2.45) is 0 Å². The predicted octanol–water partition coefficient (Wildman–Crippen LogP) is 4.28. The second kappa shape index (κ2) is 7.16. The summed E-state index contributed by atoms with van der Waals surface area (Å²) in [5, 5.41) is 2.04. The first-order valence-corrected chi connectivity index (χ1v) is 10.2. The van der Waals surface area contributed by atoms with E-state index in [4.69, 9.17) is 0 Å². The second-order valence-electron chi connectivity index (χ2n) is 6.65. The van der Waals surface area contributed by atoms with Crippen molar-refractivity contribution in [2.75, 3.05) is 13.1 Å². The molecule has 4 rings (SSSR count). The Balaban J connectivity index is 2.02. The summed E-state index contributed by atoms with van der Waals surface area (Å²) in [7, 11) is 0. The number of carbonyl (C=O) groups excluding carboxylic acids is 1. The standard InChI is InChI=1S/C22H22N2O2S/c1-3-23(4-2)21(25)18-14-17(15-8-6-5-7-9-15)22(26)24-12-10-16-11-13-27-20(16)19(18)24/h5-9,11,13-14H,3-4,10,12H2,1-2H3. The van der Waals surface area contributed by atoms with Crippen LogP contribution in [-0.2, 0) is 13.0 Å². The number of fused-ring (bicyclic) bond motifs is 3. The van der Waals surface area contributed by atoms with E-state index in [0.29, 0.717) is 30.8 Å². The Hall–Kier alpha value is -2.66. The van der Waals surface area contributed by atoms with E-state index >= 15 is 0 Å². The molecule has 1 aliphatic rings. The van der Waals surface area contributed by atoms with Gasteiger partial charge in [0.1, 0.15) is 0 Å². The van der Waals surface area contributed by atoms with Gasteiger partial charge in [-0.05, 0) is 48.9 Å². The molecular formula is C22H22N2O2S. The molecule has 0 unspecified atom stereocenters. The summed E-state index contributed by atoms with van der Waals surface area (Å²) in [5.41, 5.74) is 4.05. The highest BCUT2D eigenvalue weighted by Gasteiger charge is 2.28. The van der Waals surface area contributed by atoms with Crippen LogP contribution in [0.25, 0.3) is 21.7 Å². The van der Waals surface area contributed by atoms with Gasteiger partial charge >= 0.3 is 0 Å². The Kier molecular flexibility index (Phi) is 4.70. The molecular weight excluding hydrogens is 356 g/mol. The van der Waals surface area contributed by atoms with Gasteiger partial charge in [-0.15, -0.1) is 11.3 Å². The maximum absolute atomic E-state index is 13.3. The van der Waals surface area contributed by atoms with Crippen molar-refractivity contribution >= 4 is 17.2 Å². The zero-order valence-corrected chi connectivity index (χ0v) is 16.4. The number of pyridine rings is 1. The minimum Gasteiger partial charge on any atom is -0.339 e. The average Bonchev–Trinajstić information content (AvgIpc) is 3.19. The van der Waals surface area contributed by atoms with E-state index in [9.17, 15) is 9.59 Å². The minimum atomic E-state index is -0.0219. The van der Waals surface area contributed by atoms with E-state index in [-0.39, 0.29) is 11.5 Å². The lowest BCUT2D eigenvalue weighted by Crippen LogP contribution is -2.35. The molecule has 1 aliphatic heterocycles. The van der Waals surface area contributed by atoms with Gasteiger partial charge in [-0.2, -0.15) is 0 Å². The van der Waals surface area contributed by atoms with Gasteiger partial charge in [-0.3, -0.25) is 9.59 Å². The van der Waals surface area contributed by atoms with Gasteiger partial charge in [0.2, 0.25) is 0 Å². The molecule has 0 bridgehead atoms. The topological polar surface area (TPSA) is 42.3 Å². The van der Waals surface area contributed by atoms with E-state index in [1.165, 1.54) is 5.56 Å². The Bertz CT molecular complexity index is 1050. The molecule has 0 aliphatic carbocycles. The third kappa shape index (κ3) is 2.92. The van der Waals surface area contributed by atoms with Crippen LogP contribution in [-0.4, -0.2) is 28.5 Å². The molecule has 0 spiro atoms. The van der Waals surface area contributed by atoms with E-state index in [1.807, 2.05) is 54.5 Å². The largest absolute Gasteiger partial charge is 0.339 e. The van der Waals surface area contributed by atoms with Gasteiger partial charge in [0.05, 0.1) is 16.1 Å². The predicted molar refractivity (Wildman–Crippen MR) is 110 cm³/mol. The van der Waals surface area contributed by atoms with Crippen LogP contribution in [0.2, 0.25) is 0 Å². The Morgan fingerprint density at radius 2 is 1.89 bits per heavy atom. The first-order chi connectivity index (χ1) is 13.2. The van der Waals surface area contributed by atoms with E-state index in [0.717, 1.165) is 22.6 Å². The fourth-order valence-corrected chi connectivity index (χ4v) is 4.79. The normalized spacial score (nSPS) is 12.4. The Morgan fingerprint density at radius 3 is 2.59 bits per heavy atom. The van der Waals surface area contributed by atoms with Gasteiger partial charge in [-0.1, -0.05) is 30.3 Å². The zero-order chi connectivity index (χ0) is 19.0. The van der Waals surface area contributed by atoms with Gasteiger partial charge in [0.25, 0.3) is 11.5 Å². The van der Waals surface area contributed by atoms with Crippen molar-refractivity contribution in [3.63, 3.8) is 0 Å².